The van der Waals surface area contributed by atoms with Gasteiger partial charge < -0.3 is 17.3 Å². The number of halogens is 4. The smallest absolute Gasteiger partial charge is 0.418 e. The maximum absolute atomic E-state index is 12.7. The first-order chi connectivity index (χ1) is 17.6. The molecular weight excluding hydrogens is 640 g/mol. The molecule has 0 amide bonds. The van der Waals surface area contributed by atoms with Crippen LogP contribution in [-0.4, -0.2) is 66.8 Å². The van der Waals surface area contributed by atoms with Crippen molar-refractivity contribution < 1.29 is 36.3 Å². The molecule has 0 saturated carbocycles. The van der Waals surface area contributed by atoms with E-state index in [2.05, 4.69) is 72.8 Å². The summed E-state index contributed by atoms with van der Waals surface area (Å²) in [5.41, 5.74) is 0. The second-order valence-corrected chi connectivity index (χ2v) is 18.7. The minimum Gasteiger partial charge on any atom is -0.418 e. The van der Waals surface area contributed by atoms with Gasteiger partial charge in [-0.2, -0.15) is 0 Å². The minimum atomic E-state index is -6.00. The number of rotatable bonds is 6. The molecule has 1 aliphatic heterocycles. The molecule has 12 heteroatoms. The SMILES string of the molecule is COC(=O)C1=C(C(=O)OC)[Se]C([P+](c2ccccc2)(c2ccccc2)c2ccccc2)[Se]1.F[B-](F)(F)F. The topological polar surface area (TPSA) is 52.6 Å². The van der Waals surface area contributed by atoms with Crippen LogP contribution in [-0.2, 0) is 19.1 Å². The summed E-state index contributed by atoms with van der Waals surface area (Å²) in [6, 6.07) is 31.6. The number of esters is 2. The Labute approximate surface area is 225 Å². The molecule has 0 saturated heterocycles. The molecule has 0 spiro atoms. The van der Waals surface area contributed by atoms with E-state index in [4.69, 9.17) is 9.47 Å². The van der Waals surface area contributed by atoms with Crippen LogP contribution in [0.15, 0.2) is 99.9 Å². The third kappa shape index (κ3) is 6.92. The predicted octanol–water partition coefficient (Wildman–Crippen LogP) is 3.54. The molecule has 37 heavy (non-hydrogen) atoms. The van der Waals surface area contributed by atoms with Crippen molar-refractivity contribution in [1.29, 1.82) is 0 Å². The van der Waals surface area contributed by atoms with E-state index in [-0.39, 0.29) is 33.4 Å². The van der Waals surface area contributed by atoms with Gasteiger partial charge in [-0.15, -0.1) is 0 Å². The quantitative estimate of drug-likeness (QED) is 0.176. The molecule has 0 unspecified atom stereocenters. The van der Waals surface area contributed by atoms with Gasteiger partial charge in [0, 0.05) is 0 Å². The van der Waals surface area contributed by atoms with E-state index in [1.165, 1.54) is 30.1 Å². The Bertz CT molecular complexity index is 1120. The summed E-state index contributed by atoms with van der Waals surface area (Å²) in [4.78, 5) is 25.4. The van der Waals surface area contributed by atoms with Crippen LogP contribution in [0.25, 0.3) is 0 Å². The molecule has 3 aromatic carbocycles. The number of benzene rings is 3. The molecule has 194 valence electrons. The van der Waals surface area contributed by atoms with Crippen LogP contribution in [0.4, 0.5) is 17.3 Å². The van der Waals surface area contributed by atoms with Crippen LogP contribution in [0.5, 0.6) is 0 Å². The third-order valence-electron chi connectivity index (χ3n) is 5.19. The maximum atomic E-state index is 12.7. The number of carbonyl (C=O) groups excluding carboxylic acids is 2. The molecule has 0 aliphatic carbocycles. The van der Waals surface area contributed by atoms with Crippen LogP contribution in [0.1, 0.15) is 0 Å². The zero-order valence-electron chi connectivity index (χ0n) is 19.7. The summed E-state index contributed by atoms with van der Waals surface area (Å²) < 4.78 is 50.3. The normalized spacial score (nSPS) is 14.0. The summed E-state index contributed by atoms with van der Waals surface area (Å²) in [6.07, 6.45) is 0. The van der Waals surface area contributed by atoms with Crippen molar-refractivity contribution in [2.24, 2.45) is 0 Å². The molecule has 0 aromatic heterocycles. The molecule has 4 rings (SSSR count). The first-order valence-corrected chi connectivity index (χ1v) is 16.3. The van der Waals surface area contributed by atoms with Crippen molar-refractivity contribution in [3.8, 4) is 0 Å². The van der Waals surface area contributed by atoms with E-state index >= 15 is 0 Å². The molecule has 3 aromatic rings. The molecule has 0 N–H and O–H groups in total. The van der Waals surface area contributed by atoms with Gasteiger partial charge in [0.15, 0.2) is 0 Å². The fourth-order valence-corrected chi connectivity index (χ4v) is 21.5. The number of methoxy groups -OCH3 is 2. The Balaban J connectivity index is 0.000000695. The fraction of sp³-hybridized carbons (Fsp3) is 0.120. The van der Waals surface area contributed by atoms with Crippen LogP contribution >= 0.6 is 7.26 Å². The van der Waals surface area contributed by atoms with Crippen molar-refractivity contribution in [3.63, 3.8) is 0 Å². The van der Waals surface area contributed by atoms with Gasteiger partial charge >= 0.3 is 209 Å². The van der Waals surface area contributed by atoms with E-state index in [0.29, 0.717) is 8.94 Å². The average Bonchev–Trinajstić information content (AvgIpc) is 3.35. The second kappa shape index (κ2) is 12.9. The number of hydrogen-bond acceptors (Lipinski definition) is 4. The van der Waals surface area contributed by atoms with Crippen molar-refractivity contribution >= 4 is 72.3 Å². The van der Waals surface area contributed by atoms with Gasteiger partial charge in [-0.1, -0.05) is 0 Å². The van der Waals surface area contributed by atoms with E-state index in [9.17, 15) is 26.9 Å². The number of carbonyl (C=O) groups is 2. The van der Waals surface area contributed by atoms with Crippen LogP contribution in [0.3, 0.4) is 0 Å². The summed E-state index contributed by atoms with van der Waals surface area (Å²) >= 11 is -0.488. The van der Waals surface area contributed by atoms with Crippen molar-refractivity contribution in [3.05, 3.63) is 99.9 Å². The third-order valence-corrected chi connectivity index (χ3v) is 20.4. The molecule has 0 radical (unpaired) electrons. The average molecular weight is 662 g/mol. The predicted molar refractivity (Wildman–Crippen MR) is 142 cm³/mol. The van der Waals surface area contributed by atoms with E-state index in [1.807, 2.05) is 18.2 Å². The zero-order chi connectivity index (χ0) is 27.1. The van der Waals surface area contributed by atoms with E-state index in [1.54, 1.807) is 0 Å². The Morgan fingerprint density at radius 2 is 0.919 bits per heavy atom. The fourth-order valence-electron chi connectivity index (χ4n) is 3.76. The number of ether oxygens (including phenoxy) is 2. The first kappa shape index (κ1) is 29.2. The molecule has 1 heterocycles. The molecule has 4 nitrogen and oxygen atoms in total. The summed E-state index contributed by atoms with van der Waals surface area (Å²) in [5, 5.41) is 3.75. The van der Waals surface area contributed by atoms with Crippen molar-refractivity contribution in [2.45, 2.75) is 3.46 Å². The van der Waals surface area contributed by atoms with Gasteiger partial charge in [-0.05, 0) is 0 Å². The standard InChI is InChI=1S/C25H22O4PSe2.BF4/c1-28-23(26)21-22(24(27)29-2)32-25(31-21)30(18-12-6-3-7-13-18,19-14-8-4-9-15-19)20-16-10-5-11-17-20;2-1(3,4)5/h3-17,25H,1-2H3;/q+1;-1. The summed E-state index contributed by atoms with van der Waals surface area (Å²) in [5.74, 6) is -0.830. The zero-order valence-corrected chi connectivity index (χ0v) is 24.0. The second-order valence-electron chi connectivity index (χ2n) is 7.41. The summed E-state index contributed by atoms with van der Waals surface area (Å²) in [6.45, 7) is 0. The minimum absolute atomic E-state index is 0.151. The van der Waals surface area contributed by atoms with E-state index in [0.717, 1.165) is 0 Å². The monoisotopic (exact) mass is 664 g/mol. The van der Waals surface area contributed by atoms with Gasteiger partial charge in [0.25, 0.3) is 0 Å². The molecule has 0 bridgehead atoms. The Morgan fingerprint density at radius 3 is 1.16 bits per heavy atom. The Hall–Kier alpha value is -2.41. The molecular formula is C25H22BF4O4PSe2. The van der Waals surface area contributed by atoms with Gasteiger partial charge in [-0.3, -0.25) is 0 Å². The van der Waals surface area contributed by atoms with Gasteiger partial charge in [-0.25, -0.2) is 0 Å². The molecule has 0 atom stereocenters. The molecule has 1 aliphatic rings. The largest absolute Gasteiger partial charge is 0.673 e. The summed E-state index contributed by atoms with van der Waals surface area (Å²) in [7, 11) is -5.44. The van der Waals surface area contributed by atoms with E-state index < -0.39 is 26.5 Å². The first-order valence-electron chi connectivity index (χ1n) is 10.8. The van der Waals surface area contributed by atoms with Gasteiger partial charge in [0.05, 0.1) is 0 Å². The Morgan fingerprint density at radius 1 is 0.649 bits per heavy atom. The van der Waals surface area contributed by atoms with Crippen LogP contribution < -0.4 is 15.9 Å². The number of hydrogen-bond donors (Lipinski definition) is 0. The maximum Gasteiger partial charge on any atom is 0.673 e. The van der Waals surface area contributed by atoms with Crippen molar-refractivity contribution in [1.82, 2.24) is 0 Å². The Kier molecular flexibility index (Phi) is 10.2. The molecule has 0 fully saturated rings. The van der Waals surface area contributed by atoms with Crippen molar-refractivity contribution in [2.75, 3.05) is 14.2 Å². The van der Waals surface area contributed by atoms with Crippen LogP contribution in [0.2, 0.25) is 0 Å². The van der Waals surface area contributed by atoms with Crippen LogP contribution in [0, 0.1) is 0 Å². The van der Waals surface area contributed by atoms with Gasteiger partial charge in [0.2, 0.25) is 0 Å². The van der Waals surface area contributed by atoms with Gasteiger partial charge in [0.1, 0.15) is 0 Å².